The summed E-state index contributed by atoms with van der Waals surface area (Å²) in [6.45, 7) is 0.786. The van der Waals surface area contributed by atoms with Crippen molar-refractivity contribution in [2.24, 2.45) is 0 Å². The Morgan fingerprint density at radius 3 is 3.00 bits per heavy atom. The number of hydrogen-bond acceptors (Lipinski definition) is 4. The van der Waals surface area contributed by atoms with Gasteiger partial charge in [-0.2, -0.15) is 0 Å². The number of imidazole rings is 1. The average Bonchev–Trinajstić information content (AvgIpc) is 2.87. The Morgan fingerprint density at radius 1 is 1.47 bits per heavy atom. The Bertz CT molecular complexity index is 523. The van der Waals surface area contributed by atoms with Gasteiger partial charge in [0.1, 0.15) is 0 Å². The topological polar surface area (TPSA) is 73.1 Å². The van der Waals surface area contributed by atoms with Crippen molar-refractivity contribution in [3.63, 3.8) is 0 Å². The third-order valence-corrected chi connectivity index (χ3v) is 3.38. The van der Waals surface area contributed by atoms with Crippen molar-refractivity contribution >= 4 is 35.0 Å². The number of aromatic nitrogens is 2. The van der Waals surface area contributed by atoms with Gasteiger partial charge in [-0.05, 0) is 24.1 Å². The fourth-order valence-corrected chi connectivity index (χ4v) is 2.28. The SMILES string of the molecule is CNC(=O)NSCCN(C)c1nc2ccccc2[nH]1. The lowest BCUT2D eigenvalue weighted by molar-refractivity contribution is 0.248. The number of hydrogen-bond donors (Lipinski definition) is 3. The van der Waals surface area contributed by atoms with Crippen LogP contribution in [0.4, 0.5) is 10.7 Å². The number of para-hydroxylation sites is 2. The molecule has 7 heteroatoms. The Labute approximate surface area is 116 Å². The summed E-state index contributed by atoms with van der Waals surface area (Å²) in [6.07, 6.45) is 0. The molecule has 0 atom stereocenters. The first-order valence-electron chi connectivity index (χ1n) is 5.96. The quantitative estimate of drug-likeness (QED) is 0.574. The maximum atomic E-state index is 11.0. The van der Waals surface area contributed by atoms with E-state index in [4.69, 9.17) is 0 Å². The van der Waals surface area contributed by atoms with Crippen molar-refractivity contribution in [1.82, 2.24) is 20.0 Å². The third-order valence-electron chi connectivity index (χ3n) is 2.66. The summed E-state index contributed by atoms with van der Waals surface area (Å²) >= 11 is 1.37. The van der Waals surface area contributed by atoms with E-state index < -0.39 is 0 Å². The second-order valence-corrected chi connectivity index (χ2v) is 4.93. The molecule has 0 aliphatic carbocycles. The predicted octanol–water partition coefficient (Wildman–Crippen LogP) is 1.58. The fraction of sp³-hybridized carbons (Fsp3) is 0.333. The molecule has 0 bridgehead atoms. The minimum atomic E-state index is -0.184. The van der Waals surface area contributed by atoms with Gasteiger partial charge in [0.2, 0.25) is 5.95 Å². The molecule has 0 saturated carbocycles. The van der Waals surface area contributed by atoms with E-state index in [0.717, 1.165) is 29.3 Å². The Kier molecular flexibility index (Phi) is 4.51. The first kappa shape index (κ1) is 13.5. The number of H-pyrrole nitrogens is 1. The van der Waals surface area contributed by atoms with Crippen LogP contribution in [-0.2, 0) is 0 Å². The lowest BCUT2D eigenvalue weighted by Gasteiger charge is -2.15. The molecule has 0 radical (unpaired) electrons. The molecule has 0 aliphatic rings. The number of urea groups is 1. The third kappa shape index (κ3) is 3.54. The van der Waals surface area contributed by atoms with Crippen molar-refractivity contribution < 1.29 is 4.79 Å². The van der Waals surface area contributed by atoms with Gasteiger partial charge >= 0.3 is 6.03 Å². The predicted molar refractivity (Wildman–Crippen MR) is 79.4 cm³/mol. The van der Waals surface area contributed by atoms with Crippen LogP contribution < -0.4 is 14.9 Å². The lowest BCUT2D eigenvalue weighted by atomic mass is 10.3. The normalized spacial score (nSPS) is 10.4. The van der Waals surface area contributed by atoms with E-state index in [1.165, 1.54) is 11.9 Å². The van der Waals surface area contributed by atoms with E-state index in [1.807, 2.05) is 36.2 Å². The van der Waals surface area contributed by atoms with E-state index in [1.54, 1.807) is 7.05 Å². The number of amides is 2. The minimum absolute atomic E-state index is 0.184. The molecule has 6 nitrogen and oxygen atoms in total. The number of aromatic amines is 1. The summed E-state index contributed by atoms with van der Waals surface area (Å²) in [7, 11) is 3.56. The summed E-state index contributed by atoms with van der Waals surface area (Å²) in [6, 6.07) is 7.74. The van der Waals surface area contributed by atoms with Crippen molar-refractivity contribution in [2.45, 2.75) is 0 Å². The van der Waals surface area contributed by atoms with Crippen LogP contribution in [0.1, 0.15) is 0 Å². The van der Waals surface area contributed by atoms with Crippen LogP contribution in [-0.4, -0.2) is 42.4 Å². The number of nitrogens with zero attached hydrogens (tertiary/aromatic N) is 2. The van der Waals surface area contributed by atoms with Gasteiger partial charge in [0.05, 0.1) is 11.0 Å². The standard InChI is InChI=1S/C12H17N5OS/c1-13-12(18)16-19-8-7-17(2)11-14-9-5-3-4-6-10(9)15-11/h3-6H,7-8H2,1-2H3,(H,14,15)(H2,13,16,18). The van der Waals surface area contributed by atoms with Crippen molar-refractivity contribution in [1.29, 1.82) is 0 Å². The molecule has 0 aliphatic heterocycles. The molecule has 1 heterocycles. The van der Waals surface area contributed by atoms with Gasteiger partial charge in [0, 0.05) is 26.4 Å². The van der Waals surface area contributed by atoms with E-state index in [-0.39, 0.29) is 6.03 Å². The molecule has 2 aromatic rings. The molecule has 1 aromatic heterocycles. The van der Waals surface area contributed by atoms with Gasteiger partial charge in [-0.25, -0.2) is 9.78 Å². The largest absolute Gasteiger partial charge is 0.345 e. The van der Waals surface area contributed by atoms with E-state index in [2.05, 4.69) is 20.0 Å². The lowest BCUT2D eigenvalue weighted by Crippen LogP contribution is -2.29. The van der Waals surface area contributed by atoms with Gasteiger partial charge in [-0.1, -0.05) is 12.1 Å². The van der Waals surface area contributed by atoms with Gasteiger partial charge in [-0.15, -0.1) is 0 Å². The van der Waals surface area contributed by atoms with Crippen molar-refractivity contribution in [2.75, 3.05) is 31.3 Å². The molecular weight excluding hydrogens is 262 g/mol. The molecule has 1 aromatic carbocycles. The number of fused-ring (bicyclic) bond motifs is 1. The summed E-state index contributed by atoms with van der Waals surface area (Å²) in [5.74, 6) is 1.61. The highest BCUT2D eigenvalue weighted by atomic mass is 32.2. The van der Waals surface area contributed by atoms with Crippen LogP contribution in [0.5, 0.6) is 0 Å². The molecule has 0 spiro atoms. The molecule has 0 fully saturated rings. The zero-order chi connectivity index (χ0) is 13.7. The van der Waals surface area contributed by atoms with E-state index in [9.17, 15) is 4.79 Å². The van der Waals surface area contributed by atoms with Gasteiger partial charge in [0.25, 0.3) is 0 Å². The molecule has 2 amide bonds. The number of benzene rings is 1. The summed E-state index contributed by atoms with van der Waals surface area (Å²) in [4.78, 5) is 20.8. The van der Waals surface area contributed by atoms with E-state index >= 15 is 0 Å². The zero-order valence-electron chi connectivity index (χ0n) is 10.9. The number of carbonyl (C=O) groups is 1. The van der Waals surface area contributed by atoms with Crippen LogP contribution in [0.15, 0.2) is 24.3 Å². The molecular formula is C12H17N5OS. The first-order chi connectivity index (χ1) is 9.20. The zero-order valence-corrected chi connectivity index (χ0v) is 11.8. The molecule has 0 saturated heterocycles. The van der Waals surface area contributed by atoms with Crippen LogP contribution in [0, 0.1) is 0 Å². The highest BCUT2D eigenvalue weighted by Gasteiger charge is 2.06. The highest BCUT2D eigenvalue weighted by Crippen LogP contribution is 2.15. The van der Waals surface area contributed by atoms with E-state index in [0.29, 0.717) is 0 Å². The van der Waals surface area contributed by atoms with Crippen molar-refractivity contribution in [3.05, 3.63) is 24.3 Å². The summed E-state index contributed by atoms with van der Waals surface area (Å²) in [5.41, 5.74) is 1.99. The van der Waals surface area contributed by atoms with Crippen LogP contribution in [0.2, 0.25) is 0 Å². The molecule has 0 unspecified atom stereocenters. The summed E-state index contributed by atoms with van der Waals surface area (Å²) < 4.78 is 2.68. The number of carbonyl (C=O) groups excluding carboxylic acids is 1. The van der Waals surface area contributed by atoms with Gasteiger partial charge in [-0.3, -0.25) is 4.72 Å². The summed E-state index contributed by atoms with van der Waals surface area (Å²) in [5, 5.41) is 2.50. The average molecular weight is 279 g/mol. The highest BCUT2D eigenvalue weighted by molar-refractivity contribution is 7.97. The van der Waals surface area contributed by atoms with Crippen molar-refractivity contribution in [3.8, 4) is 0 Å². The smallest absolute Gasteiger partial charge is 0.324 e. The molecule has 2 rings (SSSR count). The maximum absolute atomic E-state index is 11.0. The number of anilines is 1. The second-order valence-electron chi connectivity index (χ2n) is 4.03. The second kappa shape index (κ2) is 6.33. The maximum Gasteiger partial charge on any atom is 0.324 e. The Balaban J connectivity index is 1.85. The van der Waals surface area contributed by atoms with Crippen LogP contribution >= 0.6 is 11.9 Å². The number of rotatable bonds is 5. The fourth-order valence-electron chi connectivity index (χ4n) is 1.58. The molecule has 19 heavy (non-hydrogen) atoms. The Morgan fingerprint density at radius 2 is 2.26 bits per heavy atom. The molecule has 102 valence electrons. The number of nitrogens with one attached hydrogen (secondary N) is 3. The monoisotopic (exact) mass is 279 g/mol. The van der Waals surface area contributed by atoms with Crippen LogP contribution in [0.25, 0.3) is 11.0 Å². The van der Waals surface area contributed by atoms with Gasteiger partial charge < -0.3 is 15.2 Å². The Hall–Kier alpha value is -1.89. The molecule has 3 N–H and O–H groups in total. The van der Waals surface area contributed by atoms with Gasteiger partial charge in [0.15, 0.2) is 0 Å². The van der Waals surface area contributed by atoms with Crippen LogP contribution in [0.3, 0.4) is 0 Å². The first-order valence-corrected chi connectivity index (χ1v) is 6.94. The minimum Gasteiger partial charge on any atom is -0.345 e.